The van der Waals surface area contributed by atoms with Crippen molar-refractivity contribution in [3.05, 3.63) is 42.4 Å². The molecular weight excluding hydrogens is 427 g/mol. The maximum absolute atomic E-state index is 12.8. The van der Waals surface area contributed by atoms with Gasteiger partial charge in [0, 0.05) is 18.0 Å². The van der Waals surface area contributed by atoms with Crippen molar-refractivity contribution in [2.75, 3.05) is 25.0 Å². The van der Waals surface area contributed by atoms with Crippen LogP contribution in [0, 0.1) is 5.92 Å². The lowest BCUT2D eigenvalue weighted by Crippen LogP contribution is -2.42. The van der Waals surface area contributed by atoms with E-state index in [9.17, 15) is 22.8 Å². The van der Waals surface area contributed by atoms with Crippen LogP contribution >= 0.6 is 0 Å². The molecule has 3 aromatic heterocycles. The van der Waals surface area contributed by atoms with Crippen molar-refractivity contribution < 1.29 is 22.8 Å². The van der Waals surface area contributed by atoms with Crippen LogP contribution in [0.25, 0.3) is 16.9 Å². The molecule has 0 unspecified atom stereocenters. The third kappa shape index (κ3) is 4.85. The van der Waals surface area contributed by atoms with Crippen LogP contribution in [0.5, 0.6) is 0 Å². The fraction of sp³-hybridized carbons (Fsp3) is 0.350. The van der Waals surface area contributed by atoms with Gasteiger partial charge in [0.15, 0.2) is 11.5 Å². The highest BCUT2D eigenvalue weighted by atomic mass is 19.4. The van der Waals surface area contributed by atoms with Crippen LogP contribution in [0.3, 0.4) is 0 Å². The number of nitrogens with zero attached hydrogens (tertiary/aromatic N) is 5. The zero-order valence-corrected chi connectivity index (χ0v) is 16.8. The van der Waals surface area contributed by atoms with E-state index >= 15 is 0 Å². The zero-order valence-electron chi connectivity index (χ0n) is 16.8. The molecule has 12 heteroatoms. The van der Waals surface area contributed by atoms with Gasteiger partial charge < -0.3 is 11.1 Å². The van der Waals surface area contributed by atoms with Gasteiger partial charge in [-0.3, -0.25) is 19.5 Å². The van der Waals surface area contributed by atoms with Gasteiger partial charge in [-0.25, -0.2) is 9.50 Å². The summed E-state index contributed by atoms with van der Waals surface area (Å²) in [5.74, 6) is -2.00. The number of alkyl halides is 3. The molecular formula is C20H20F3N7O2. The first-order valence-corrected chi connectivity index (χ1v) is 9.89. The first-order chi connectivity index (χ1) is 15.2. The molecule has 0 aromatic carbocycles. The van der Waals surface area contributed by atoms with Gasteiger partial charge in [0.05, 0.1) is 29.9 Å². The maximum atomic E-state index is 12.8. The Morgan fingerprint density at radius 1 is 1.19 bits per heavy atom. The summed E-state index contributed by atoms with van der Waals surface area (Å²) in [6.45, 7) is 0.418. The third-order valence-electron chi connectivity index (χ3n) is 5.32. The molecule has 0 radical (unpaired) electrons. The van der Waals surface area contributed by atoms with E-state index in [1.54, 1.807) is 29.3 Å². The molecule has 0 atom stereocenters. The van der Waals surface area contributed by atoms with E-state index in [0.717, 1.165) is 0 Å². The molecule has 1 fully saturated rings. The van der Waals surface area contributed by atoms with Crippen molar-refractivity contribution >= 4 is 23.3 Å². The summed E-state index contributed by atoms with van der Waals surface area (Å²) >= 11 is 0. The third-order valence-corrected chi connectivity index (χ3v) is 5.32. The van der Waals surface area contributed by atoms with E-state index in [4.69, 9.17) is 5.73 Å². The number of hydrogen-bond acceptors (Lipinski definition) is 6. The van der Waals surface area contributed by atoms with Crippen molar-refractivity contribution in [2.24, 2.45) is 11.7 Å². The standard InChI is InChI=1S/C20H20F3N7O2/c21-20(22,23)14-3-5-29(6-4-14)11-18(31)27-16-10-30-17(26-16)2-1-15(28-30)12-7-13(19(24)32)9-25-8-12/h1-2,7-10,14H,3-6,11H2,(H2,24,32)(H,27,31). The van der Waals surface area contributed by atoms with Gasteiger partial charge in [-0.2, -0.15) is 18.3 Å². The van der Waals surface area contributed by atoms with E-state index in [1.165, 1.54) is 16.9 Å². The minimum Gasteiger partial charge on any atom is -0.366 e. The number of primary amides is 1. The van der Waals surface area contributed by atoms with Crippen LogP contribution in [-0.2, 0) is 4.79 Å². The molecule has 3 aromatic rings. The molecule has 32 heavy (non-hydrogen) atoms. The topological polar surface area (TPSA) is 119 Å². The number of piperidine rings is 1. The van der Waals surface area contributed by atoms with E-state index in [2.05, 4.69) is 20.4 Å². The number of nitrogens with two attached hydrogens (primary N) is 1. The Labute approximate surface area is 180 Å². The normalized spacial score (nSPS) is 15.7. The van der Waals surface area contributed by atoms with Crippen LogP contribution in [-0.4, -0.2) is 62.1 Å². The molecule has 9 nitrogen and oxygen atoms in total. The Kier molecular flexibility index (Phi) is 5.78. The van der Waals surface area contributed by atoms with Crippen LogP contribution in [0.15, 0.2) is 36.8 Å². The molecule has 0 bridgehead atoms. The van der Waals surface area contributed by atoms with E-state index in [-0.39, 0.29) is 49.8 Å². The van der Waals surface area contributed by atoms with Gasteiger partial charge in [0.1, 0.15) is 0 Å². The minimum atomic E-state index is -4.19. The largest absolute Gasteiger partial charge is 0.391 e. The molecule has 1 aliphatic rings. The summed E-state index contributed by atoms with van der Waals surface area (Å²) in [4.78, 5) is 33.7. The molecule has 1 aliphatic heterocycles. The van der Waals surface area contributed by atoms with E-state index in [1.807, 2.05) is 0 Å². The Bertz CT molecular complexity index is 1150. The second-order valence-electron chi connectivity index (χ2n) is 7.61. The molecule has 1 saturated heterocycles. The molecule has 0 spiro atoms. The number of carbonyl (C=O) groups excluding carboxylic acids is 2. The number of likely N-dealkylation sites (tertiary alicyclic amines) is 1. The van der Waals surface area contributed by atoms with Crippen LogP contribution in [0.2, 0.25) is 0 Å². The lowest BCUT2D eigenvalue weighted by Gasteiger charge is -2.32. The van der Waals surface area contributed by atoms with Crippen LogP contribution in [0.1, 0.15) is 23.2 Å². The number of rotatable bonds is 5. The smallest absolute Gasteiger partial charge is 0.366 e. The second kappa shape index (κ2) is 8.54. The molecule has 168 valence electrons. The Hall–Kier alpha value is -3.54. The number of halogens is 3. The number of fused-ring (bicyclic) bond motifs is 1. The number of imidazole rings is 1. The molecule has 0 aliphatic carbocycles. The Morgan fingerprint density at radius 3 is 2.62 bits per heavy atom. The first-order valence-electron chi connectivity index (χ1n) is 9.89. The number of hydrogen-bond donors (Lipinski definition) is 2. The fourth-order valence-corrected chi connectivity index (χ4v) is 3.61. The quantitative estimate of drug-likeness (QED) is 0.619. The summed E-state index contributed by atoms with van der Waals surface area (Å²) in [6.07, 6.45) is 0.224. The monoisotopic (exact) mass is 447 g/mol. The summed E-state index contributed by atoms with van der Waals surface area (Å²) in [7, 11) is 0. The minimum absolute atomic E-state index is 0.0103. The lowest BCUT2D eigenvalue weighted by atomic mass is 9.96. The van der Waals surface area contributed by atoms with E-state index < -0.39 is 18.0 Å². The second-order valence-corrected chi connectivity index (χ2v) is 7.61. The number of pyridine rings is 1. The summed E-state index contributed by atoms with van der Waals surface area (Å²) in [6, 6.07) is 4.96. The van der Waals surface area contributed by atoms with Crippen molar-refractivity contribution in [2.45, 2.75) is 19.0 Å². The van der Waals surface area contributed by atoms with Crippen LogP contribution in [0.4, 0.5) is 19.0 Å². The summed E-state index contributed by atoms with van der Waals surface area (Å²) in [5, 5.41) is 7.07. The first kappa shape index (κ1) is 21.7. The number of aromatic nitrogens is 4. The highest BCUT2D eigenvalue weighted by molar-refractivity contribution is 5.93. The average Bonchev–Trinajstić information content (AvgIpc) is 3.14. The SMILES string of the molecule is NC(=O)c1cncc(-c2ccc3nc(NC(=O)CN4CCC(C(F)(F)F)CC4)cn3n2)c1. The molecule has 2 amide bonds. The van der Waals surface area contributed by atoms with E-state index in [0.29, 0.717) is 16.9 Å². The highest BCUT2D eigenvalue weighted by Gasteiger charge is 2.41. The predicted molar refractivity (Wildman–Crippen MR) is 109 cm³/mol. The van der Waals surface area contributed by atoms with Crippen molar-refractivity contribution in [3.63, 3.8) is 0 Å². The Balaban J connectivity index is 1.41. The van der Waals surface area contributed by atoms with Gasteiger partial charge >= 0.3 is 6.18 Å². The number of anilines is 1. The van der Waals surface area contributed by atoms with Crippen molar-refractivity contribution in [1.82, 2.24) is 24.5 Å². The van der Waals surface area contributed by atoms with Gasteiger partial charge in [0.2, 0.25) is 11.8 Å². The van der Waals surface area contributed by atoms with Crippen molar-refractivity contribution in [3.8, 4) is 11.3 Å². The highest BCUT2D eigenvalue weighted by Crippen LogP contribution is 2.34. The number of carbonyl (C=O) groups is 2. The van der Waals surface area contributed by atoms with Crippen molar-refractivity contribution in [1.29, 1.82) is 0 Å². The van der Waals surface area contributed by atoms with Gasteiger partial charge in [0.25, 0.3) is 0 Å². The number of nitrogens with one attached hydrogen (secondary N) is 1. The fourth-order valence-electron chi connectivity index (χ4n) is 3.61. The summed E-state index contributed by atoms with van der Waals surface area (Å²) in [5.41, 5.74) is 7.13. The van der Waals surface area contributed by atoms with Crippen LogP contribution < -0.4 is 11.1 Å². The molecule has 4 heterocycles. The molecule has 3 N–H and O–H groups in total. The molecule has 0 saturated carbocycles. The number of amides is 2. The van der Waals surface area contributed by atoms with Gasteiger partial charge in [-0.05, 0) is 44.1 Å². The predicted octanol–water partition coefficient (Wildman–Crippen LogP) is 2.10. The zero-order chi connectivity index (χ0) is 22.9. The van der Waals surface area contributed by atoms with Gasteiger partial charge in [-0.15, -0.1) is 0 Å². The Morgan fingerprint density at radius 2 is 1.94 bits per heavy atom. The lowest BCUT2D eigenvalue weighted by molar-refractivity contribution is -0.184. The summed E-state index contributed by atoms with van der Waals surface area (Å²) < 4.78 is 39.8. The van der Waals surface area contributed by atoms with Gasteiger partial charge in [-0.1, -0.05) is 0 Å². The average molecular weight is 447 g/mol. The maximum Gasteiger partial charge on any atom is 0.391 e. The molecule has 4 rings (SSSR count).